The van der Waals surface area contributed by atoms with E-state index in [0.29, 0.717) is 5.56 Å². The van der Waals surface area contributed by atoms with Gasteiger partial charge in [0.05, 0.1) is 5.56 Å². The summed E-state index contributed by atoms with van der Waals surface area (Å²) in [6.07, 6.45) is 1.96. The van der Waals surface area contributed by atoms with E-state index in [1.807, 2.05) is 25.3 Å². The number of hydrogen-bond donors (Lipinski definition) is 0. The molecule has 0 amide bonds. The highest BCUT2D eigenvalue weighted by molar-refractivity contribution is 5.55. The van der Waals surface area contributed by atoms with Gasteiger partial charge in [-0.05, 0) is 44.8 Å². The van der Waals surface area contributed by atoms with E-state index in [9.17, 15) is 5.26 Å². The van der Waals surface area contributed by atoms with Gasteiger partial charge in [0.15, 0.2) is 0 Å². The molecule has 25 heavy (non-hydrogen) atoms. The molecule has 0 N–H and O–H groups in total. The Kier molecular flexibility index (Phi) is 5.15. The molecule has 6 heteroatoms. The van der Waals surface area contributed by atoms with Crippen molar-refractivity contribution in [1.29, 1.82) is 5.26 Å². The normalized spacial score (nSPS) is 14.7. The number of anilines is 2. The summed E-state index contributed by atoms with van der Waals surface area (Å²) in [6.45, 7) is 6.29. The number of aryl methyl sites for hydroxylation is 1. The van der Waals surface area contributed by atoms with Crippen LogP contribution in [0.4, 0.5) is 11.6 Å². The van der Waals surface area contributed by atoms with E-state index >= 15 is 0 Å². The minimum absolute atomic E-state index is 0.644. The molecule has 1 saturated heterocycles. The van der Waals surface area contributed by atoms with Crippen LogP contribution in [-0.4, -0.2) is 55.1 Å². The fraction of sp³-hybridized carbons (Fsp3) is 0.421. The van der Waals surface area contributed by atoms with Crippen LogP contribution >= 0.6 is 0 Å². The summed E-state index contributed by atoms with van der Waals surface area (Å²) in [4.78, 5) is 15.8. The second-order valence-electron chi connectivity index (χ2n) is 6.67. The van der Waals surface area contributed by atoms with Gasteiger partial charge in [0, 0.05) is 44.6 Å². The topological polar surface area (TPSA) is 59.3 Å². The summed E-state index contributed by atoms with van der Waals surface area (Å²) in [5.74, 6) is 1.82. The van der Waals surface area contributed by atoms with Crippen molar-refractivity contribution in [3.05, 3.63) is 47.3 Å². The molecule has 0 aromatic carbocycles. The number of piperazine rings is 1. The summed E-state index contributed by atoms with van der Waals surface area (Å²) < 4.78 is 0. The quantitative estimate of drug-likeness (QED) is 0.852. The van der Waals surface area contributed by atoms with Crippen molar-refractivity contribution >= 4 is 11.6 Å². The van der Waals surface area contributed by atoms with Crippen LogP contribution in [0.15, 0.2) is 30.5 Å². The Hall–Kier alpha value is -2.65. The van der Waals surface area contributed by atoms with Gasteiger partial charge in [-0.15, -0.1) is 0 Å². The Morgan fingerprint density at radius 2 is 1.80 bits per heavy atom. The predicted molar refractivity (Wildman–Crippen MR) is 99.7 cm³/mol. The van der Waals surface area contributed by atoms with Crippen molar-refractivity contribution in [3.63, 3.8) is 0 Å². The van der Waals surface area contributed by atoms with Crippen LogP contribution in [-0.2, 0) is 6.54 Å². The molecule has 2 aromatic heterocycles. The minimum atomic E-state index is 0.644. The SMILES string of the molecule is Cc1ccc(C#N)c(N2CCN(c3ccc(CN(C)C)cn3)CC2)n1. The molecule has 0 aliphatic carbocycles. The van der Waals surface area contributed by atoms with Gasteiger partial charge in [-0.1, -0.05) is 6.07 Å². The fourth-order valence-corrected chi connectivity index (χ4v) is 3.08. The van der Waals surface area contributed by atoms with Crippen molar-refractivity contribution in [1.82, 2.24) is 14.9 Å². The largest absolute Gasteiger partial charge is 0.353 e. The van der Waals surface area contributed by atoms with Gasteiger partial charge in [0.1, 0.15) is 17.7 Å². The third-order valence-corrected chi connectivity index (χ3v) is 4.35. The van der Waals surface area contributed by atoms with Crippen molar-refractivity contribution in [2.24, 2.45) is 0 Å². The lowest BCUT2D eigenvalue weighted by molar-refractivity contribution is 0.402. The van der Waals surface area contributed by atoms with E-state index < -0.39 is 0 Å². The van der Waals surface area contributed by atoms with Crippen molar-refractivity contribution in [2.75, 3.05) is 50.1 Å². The van der Waals surface area contributed by atoms with E-state index in [-0.39, 0.29) is 0 Å². The van der Waals surface area contributed by atoms with Crippen LogP contribution in [0.3, 0.4) is 0 Å². The molecule has 3 rings (SSSR count). The molecular formula is C19H24N6. The van der Waals surface area contributed by atoms with E-state index in [1.165, 1.54) is 5.56 Å². The summed E-state index contributed by atoms with van der Waals surface area (Å²) in [7, 11) is 4.12. The minimum Gasteiger partial charge on any atom is -0.353 e. The molecule has 0 atom stereocenters. The summed E-state index contributed by atoms with van der Waals surface area (Å²) in [5.41, 5.74) is 2.80. The first-order valence-electron chi connectivity index (χ1n) is 8.54. The maximum Gasteiger partial charge on any atom is 0.146 e. The third kappa shape index (κ3) is 4.06. The molecule has 6 nitrogen and oxygen atoms in total. The van der Waals surface area contributed by atoms with Gasteiger partial charge in [-0.2, -0.15) is 5.26 Å². The number of hydrogen-bond acceptors (Lipinski definition) is 6. The van der Waals surface area contributed by atoms with Crippen molar-refractivity contribution in [2.45, 2.75) is 13.5 Å². The summed E-state index contributed by atoms with van der Waals surface area (Å²) >= 11 is 0. The van der Waals surface area contributed by atoms with Crippen LogP contribution in [0, 0.1) is 18.3 Å². The Morgan fingerprint density at radius 1 is 1.08 bits per heavy atom. The summed E-state index contributed by atoms with van der Waals surface area (Å²) in [6, 6.07) is 10.2. The molecule has 1 aliphatic rings. The second kappa shape index (κ2) is 7.49. The fourth-order valence-electron chi connectivity index (χ4n) is 3.08. The first-order valence-corrected chi connectivity index (χ1v) is 8.54. The van der Waals surface area contributed by atoms with Crippen LogP contribution < -0.4 is 9.80 Å². The maximum atomic E-state index is 9.32. The molecular weight excluding hydrogens is 312 g/mol. The highest BCUT2D eigenvalue weighted by Gasteiger charge is 2.21. The molecule has 0 spiro atoms. The predicted octanol–water partition coefficient (Wildman–Crippen LogP) is 2.04. The Bertz CT molecular complexity index is 754. The molecule has 0 saturated carbocycles. The smallest absolute Gasteiger partial charge is 0.146 e. The molecule has 1 aliphatic heterocycles. The zero-order valence-electron chi connectivity index (χ0n) is 15.1. The number of aromatic nitrogens is 2. The number of nitriles is 1. The average Bonchev–Trinajstić information content (AvgIpc) is 2.62. The lowest BCUT2D eigenvalue weighted by Gasteiger charge is -2.36. The Morgan fingerprint density at radius 3 is 2.40 bits per heavy atom. The van der Waals surface area contributed by atoms with Crippen LogP contribution in [0.2, 0.25) is 0 Å². The van der Waals surface area contributed by atoms with Gasteiger partial charge in [0.25, 0.3) is 0 Å². The van der Waals surface area contributed by atoms with E-state index in [4.69, 9.17) is 0 Å². The number of pyridine rings is 2. The molecule has 0 unspecified atom stereocenters. The van der Waals surface area contributed by atoms with Gasteiger partial charge in [-0.25, -0.2) is 9.97 Å². The molecule has 2 aromatic rings. The van der Waals surface area contributed by atoms with E-state index in [1.54, 1.807) is 0 Å². The second-order valence-corrected chi connectivity index (χ2v) is 6.67. The van der Waals surface area contributed by atoms with Gasteiger partial charge in [-0.3, -0.25) is 0 Å². The van der Waals surface area contributed by atoms with Crippen LogP contribution in [0.1, 0.15) is 16.8 Å². The standard InChI is InChI=1S/C19H24N6/c1-15-4-6-17(12-20)19(22-15)25-10-8-24(9-11-25)18-7-5-16(13-21-18)14-23(2)3/h4-7,13H,8-11,14H2,1-3H3. The molecule has 0 bridgehead atoms. The van der Waals surface area contributed by atoms with Crippen LogP contribution in [0.25, 0.3) is 0 Å². The lowest BCUT2D eigenvalue weighted by atomic mass is 10.2. The molecule has 130 valence electrons. The lowest BCUT2D eigenvalue weighted by Crippen LogP contribution is -2.47. The first-order chi connectivity index (χ1) is 12.1. The highest BCUT2D eigenvalue weighted by Crippen LogP contribution is 2.21. The monoisotopic (exact) mass is 336 g/mol. The average molecular weight is 336 g/mol. The number of rotatable bonds is 4. The van der Waals surface area contributed by atoms with Crippen LogP contribution in [0.5, 0.6) is 0 Å². The van der Waals surface area contributed by atoms with Crippen molar-refractivity contribution in [3.8, 4) is 6.07 Å². The Labute approximate surface area is 149 Å². The molecule has 1 fully saturated rings. The summed E-state index contributed by atoms with van der Waals surface area (Å²) in [5, 5.41) is 9.32. The first kappa shape index (κ1) is 17.2. The number of nitrogens with zero attached hydrogens (tertiary/aromatic N) is 6. The van der Waals surface area contributed by atoms with E-state index in [2.05, 4.69) is 57.0 Å². The molecule has 0 radical (unpaired) electrons. The van der Waals surface area contributed by atoms with E-state index in [0.717, 1.165) is 50.1 Å². The maximum absolute atomic E-state index is 9.32. The van der Waals surface area contributed by atoms with Gasteiger partial charge < -0.3 is 14.7 Å². The highest BCUT2D eigenvalue weighted by atomic mass is 15.3. The van der Waals surface area contributed by atoms with Gasteiger partial charge >= 0.3 is 0 Å². The zero-order chi connectivity index (χ0) is 17.8. The van der Waals surface area contributed by atoms with Gasteiger partial charge in [0.2, 0.25) is 0 Å². The Balaban J connectivity index is 1.66. The third-order valence-electron chi connectivity index (χ3n) is 4.35. The molecule has 3 heterocycles. The van der Waals surface area contributed by atoms with Crippen molar-refractivity contribution < 1.29 is 0 Å². The zero-order valence-corrected chi connectivity index (χ0v) is 15.1.